The molecule has 0 aliphatic rings. The fourth-order valence-electron chi connectivity index (χ4n) is 1.82. The maximum absolute atomic E-state index is 11.0. The minimum absolute atomic E-state index is 0.392. The van der Waals surface area contributed by atoms with Gasteiger partial charge in [0.15, 0.2) is 0 Å². The first-order chi connectivity index (χ1) is 8.56. The lowest BCUT2D eigenvalue weighted by molar-refractivity contribution is 0.865. The molecule has 0 unspecified atom stereocenters. The predicted molar refractivity (Wildman–Crippen MR) is 72.6 cm³/mol. The zero-order valence-electron chi connectivity index (χ0n) is 10.6. The second-order valence-electron chi connectivity index (χ2n) is 4.70. The van der Waals surface area contributed by atoms with Crippen LogP contribution in [-0.4, -0.2) is 9.97 Å². The third kappa shape index (κ3) is 2.77. The van der Waals surface area contributed by atoms with Crippen molar-refractivity contribution in [3.8, 4) is 0 Å². The largest absolute Gasteiger partial charge is 0.385 e. The second kappa shape index (κ2) is 5.04. The van der Waals surface area contributed by atoms with E-state index in [2.05, 4.69) is 48.1 Å². The maximum Gasteiger partial charge on any atom is 0.346 e. The zero-order valence-corrected chi connectivity index (χ0v) is 10.6. The fourth-order valence-corrected chi connectivity index (χ4v) is 1.82. The molecule has 0 aliphatic heterocycles. The number of rotatable bonds is 3. The molecule has 18 heavy (non-hydrogen) atoms. The van der Waals surface area contributed by atoms with Gasteiger partial charge in [0.05, 0.1) is 0 Å². The topological polar surface area (TPSA) is 71.8 Å². The Hall–Kier alpha value is -2.10. The van der Waals surface area contributed by atoms with Crippen LogP contribution in [0.4, 0.5) is 5.82 Å². The number of benzene rings is 1. The SMILES string of the molecule is CC(C)c1ccc(Cc2cnc(=O)[nH]c2N)cc1. The number of hydrogen-bond acceptors (Lipinski definition) is 3. The Morgan fingerprint density at radius 1 is 1.28 bits per heavy atom. The van der Waals surface area contributed by atoms with Crippen molar-refractivity contribution >= 4 is 5.82 Å². The van der Waals surface area contributed by atoms with Gasteiger partial charge in [0, 0.05) is 18.2 Å². The standard InChI is InChI=1S/C14H17N3O/c1-9(2)11-5-3-10(4-6-11)7-12-8-16-14(18)17-13(12)15/h3-6,8-9H,7H2,1-2H3,(H3,15,16,17,18). The lowest BCUT2D eigenvalue weighted by Gasteiger charge is -2.08. The van der Waals surface area contributed by atoms with Gasteiger partial charge < -0.3 is 5.73 Å². The van der Waals surface area contributed by atoms with Crippen molar-refractivity contribution in [2.75, 3.05) is 5.73 Å². The number of nitrogens with one attached hydrogen (secondary N) is 1. The van der Waals surface area contributed by atoms with E-state index >= 15 is 0 Å². The third-order valence-corrected chi connectivity index (χ3v) is 2.97. The molecule has 0 bridgehead atoms. The van der Waals surface area contributed by atoms with Crippen LogP contribution in [0.1, 0.15) is 36.5 Å². The van der Waals surface area contributed by atoms with Crippen LogP contribution in [0.2, 0.25) is 0 Å². The van der Waals surface area contributed by atoms with Crippen LogP contribution < -0.4 is 11.4 Å². The molecular formula is C14H17N3O. The van der Waals surface area contributed by atoms with Gasteiger partial charge in [-0.2, -0.15) is 0 Å². The quantitative estimate of drug-likeness (QED) is 0.866. The second-order valence-corrected chi connectivity index (χ2v) is 4.70. The van der Waals surface area contributed by atoms with Gasteiger partial charge in [0.2, 0.25) is 0 Å². The highest BCUT2D eigenvalue weighted by atomic mass is 16.1. The van der Waals surface area contributed by atoms with Crippen molar-refractivity contribution in [2.24, 2.45) is 0 Å². The molecule has 0 fully saturated rings. The number of H-pyrrole nitrogens is 1. The van der Waals surface area contributed by atoms with Crippen molar-refractivity contribution in [2.45, 2.75) is 26.2 Å². The Balaban J connectivity index is 2.21. The molecule has 3 N–H and O–H groups in total. The van der Waals surface area contributed by atoms with E-state index in [4.69, 9.17) is 5.73 Å². The summed E-state index contributed by atoms with van der Waals surface area (Å²) in [6.07, 6.45) is 2.21. The maximum atomic E-state index is 11.0. The molecule has 0 amide bonds. The molecule has 0 aliphatic carbocycles. The van der Waals surface area contributed by atoms with Crippen molar-refractivity contribution in [1.29, 1.82) is 0 Å². The summed E-state index contributed by atoms with van der Waals surface area (Å²) in [6, 6.07) is 8.41. The third-order valence-electron chi connectivity index (χ3n) is 2.97. The molecule has 0 radical (unpaired) electrons. The number of nitrogens with zero attached hydrogens (tertiary/aromatic N) is 1. The van der Waals surface area contributed by atoms with E-state index in [0.29, 0.717) is 18.2 Å². The van der Waals surface area contributed by atoms with E-state index in [0.717, 1.165) is 11.1 Å². The molecule has 4 nitrogen and oxygen atoms in total. The lowest BCUT2D eigenvalue weighted by atomic mass is 9.99. The molecule has 0 spiro atoms. The molecule has 94 valence electrons. The number of nitrogens with two attached hydrogens (primary N) is 1. The summed E-state index contributed by atoms with van der Waals surface area (Å²) in [5, 5.41) is 0. The highest BCUT2D eigenvalue weighted by molar-refractivity contribution is 5.40. The van der Waals surface area contributed by atoms with Crippen LogP contribution in [-0.2, 0) is 6.42 Å². The van der Waals surface area contributed by atoms with Crippen LogP contribution in [0.25, 0.3) is 0 Å². The van der Waals surface area contributed by atoms with Gasteiger partial charge in [-0.3, -0.25) is 4.98 Å². The summed E-state index contributed by atoms with van der Waals surface area (Å²) in [5.41, 5.74) is 8.64. The predicted octanol–water partition coefficient (Wildman–Crippen LogP) is 2.07. The van der Waals surface area contributed by atoms with Crippen LogP contribution >= 0.6 is 0 Å². The average molecular weight is 243 g/mol. The molecule has 4 heteroatoms. The molecule has 2 rings (SSSR count). The lowest BCUT2D eigenvalue weighted by Crippen LogP contribution is -2.14. The zero-order chi connectivity index (χ0) is 13.1. The number of aromatic amines is 1. The molecular weight excluding hydrogens is 226 g/mol. The normalized spacial score (nSPS) is 10.8. The van der Waals surface area contributed by atoms with E-state index in [9.17, 15) is 4.79 Å². The van der Waals surface area contributed by atoms with Gasteiger partial charge in [-0.15, -0.1) is 0 Å². The monoisotopic (exact) mass is 243 g/mol. The molecule has 0 saturated heterocycles. The summed E-state index contributed by atoms with van der Waals surface area (Å²) in [6.45, 7) is 4.33. The smallest absolute Gasteiger partial charge is 0.346 e. The number of hydrogen-bond donors (Lipinski definition) is 2. The van der Waals surface area contributed by atoms with Gasteiger partial charge in [0.1, 0.15) is 5.82 Å². The van der Waals surface area contributed by atoms with Gasteiger partial charge in [-0.25, -0.2) is 9.78 Å². The van der Waals surface area contributed by atoms with Crippen molar-refractivity contribution in [3.05, 3.63) is 57.6 Å². The first-order valence-electron chi connectivity index (χ1n) is 5.99. The summed E-state index contributed by atoms with van der Waals surface area (Å²) < 4.78 is 0. The molecule has 1 aromatic carbocycles. The first-order valence-corrected chi connectivity index (χ1v) is 5.99. The van der Waals surface area contributed by atoms with Crippen molar-refractivity contribution in [3.63, 3.8) is 0 Å². The van der Waals surface area contributed by atoms with Crippen LogP contribution in [0.3, 0.4) is 0 Å². The summed E-state index contributed by atoms with van der Waals surface area (Å²) >= 11 is 0. The first kappa shape index (κ1) is 12.4. The van der Waals surface area contributed by atoms with E-state index in [-0.39, 0.29) is 0 Å². The van der Waals surface area contributed by atoms with E-state index in [1.807, 2.05) is 0 Å². The number of anilines is 1. The Labute approximate surface area is 106 Å². The Morgan fingerprint density at radius 3 is 2.50 bits per heavy atom. The Bertz CT molecular complexity index is 585. The average Bonchev–Trinajstić information content (AvgIpc) is 2.33. The minimum atomic E-state index is -0.411. The van der Waals surface area contributed by atoms with Gasteiger partial charge >= 0.3 is 5.69 Å². The van der Waals surface area contributed by atoms with Crippen molar-refractivity contribution in [1.82, 2.24) is 9.97 Å². The minimum Gasteiger partial charge on any atom is -0.385 e. The van der Waals surface area contributed by atoms with Gasteiger partial charge in [-0.1, -0.05) is 38.1 Å². The number of aromatic nitrogens is 2. The summed E-state index contributed by atoms with van der Waals surface area (Å²) in [5.74, 6) is 0.918. The van der Waals surface area contributed by atoms with Crippen LogP contribution in [0, 0.1) is 0 Å². The van der Waals surface area contributed by atoms with E-state index in [1.165, 1.54) is 11.8 Å². The molecule has 1 heterocycles. The molecule has 1 aromatic heterocycles. The number of nitrogen functional groups attached to an aromatic ring is 1. The highest BCUT2D eigenvalue weighted by Gasteiger charge is 2.04. The van der Waals surface area contributed by atoms with Gasteiger partial charge in [0.25, 0.3) is 0 Å². The highest BCUT2D eigenvalue weighted by Crippen LogP contribution is 2.17. The molecule has 0 saturated carbocycles. The molecule has 0 atom stereocenters. The van der Waals surface area contributed by atoms with Crippen molar-refractivity contribution < 1.29 is 0 Å². The Kier molecular flexibility index (Phi) is 3.46. The fraction of sp³-hybridized carbons (Fsp3) is 0.286. The summed E-state index contributed by atoms with van der Waals surface area (Å²) in [4.78, 5) is 17.2. The van der Waals surface area contributed by atoms with Crippen LogP contribution in [0.15, 0.2) is 35.3 Å². The van der Waals surface area contributed by atoms with E-state index in [1.54, 1.807) is 0 Å². The van der Waals surface area contributed by atoms with Gasteiger partial charge in [-0.05, 0) is 17.0 Å². The summed E-state index contributed by atoms with van der Waals surface area (Å²) in [7, 11) is 0. The Morgan fingerprint density at radius 2 is 1.94 bits per heavy atom. The van der Waals surface area contributed by atoms with Crippen LogP contribution in [0.5, 0.6) is 0 Å². The van der Waals surface area contributed by atoms with E-state index < -0.39 is 5.69 Å². The molecule has 2 aromatic rings.